The minimum atomic E-state index is -0.655. The first kappa shape index (κ1) is 13.9. The van der Waals surface area contributed by atoms with Crippen molar-refractivity contribution in [2.75, 3.05) is 7.11 Å². The van der Waals surface area contributed by atoms with E-state index in [0.29, 0.717) is 14.2 Å². The predicted octanol–water partition coefficient (Wildman–Crippen LogP) is 2.72. The highest BCUT2D eigenvalue weighted by molar-refractivity contribution is 9.15. The topological polar surface area (TPSA) is 26.3 Å². The Balaban J connectivity index is 3.78. The van der Waals surface area contributed by atoms with E-state index in [0.717, 1.165) is 15.8 Å². The van der Waals surface area contributed by atoms with Gasteiger partial charge in [-0.15, -0.1) is 11.3 Å². The summed E-state index contributed by atoms with van der Waals surface area (Å²) in [6.45, 7) is 3.53. The van der Waals surface area contributed by atoms with Crippen LogP contribution in [0.25, 0.3) is 8.96 Å². The first-order chi connectivity index (χ1) is 7.40. The predicted molar refractivity (Wildman–Crippen MR) is 70.9 cm³/mol. The van der Waals surface area contributed by atoms with E-state index < -0.39 is 11.8 Å². The van der Waals surface area contributed by atoms with Gasteiger partial charge in [0.15, 0.2) is 5.82 Å². The average Bonchev–Trinajstić information content (AvgIpc) is 2.55. The minimum absolute atomic E-state index is 0.00917. The number of thiophene rings is 1. The third-order valence-corrected chi connectivity index (χ3v) is 4.20. The smallest absolute Gasteiger partial charge is 0.351 e. The molecule has 1 heterocycles. The van der Waals surface area contributed by atoms with Gasteiger partial charge in [-0.3, -0.25) is 0 Å². The fourth-order valence-electron chi connectivity index (χ4n) is 1.19. The highest BCUT2D eigenvalue weighted by Crippen LogP contribution is 2.13. The molecule has 0 amide bonds. The lowest BCUT2D eigenvalue weighted by Crippen LogP contribution is -2.23. The van der Waals surface area contributed by atoms with Crippen LogP contribution < -0.4 is 9.75 Å². The van der Waals surface area contributed by atoms with E-state index in [1.54, 1.807) is 13.8 Å². The third kappa shape index (κ3) is 2.55. The molecule has 0 fully saturated rings. The zero-order valence-electron chi connectivity index (χ0n) is 8.86. The summed E-state index contributed by atoms with van der Waals surface area (Å²) in [6.07, 6.45) is 0. The van der Waals surface area contributed by atoms with Crippen molar-refractivity contribution in [1.29, 1.82) is 0 Å². The first-order valence-electron chi connectivity index (χ1n) is 4.29. The number of carbonyl (C=O) groups excluding carboxylic acids is 1. The quantitative estimate of drug-likeness (QED) is 0.709. The van der Waals surface area contributed by atoms with Gasteiger partial charge >= 0.3 is 5.97 Å². The molecule has 1 aromatic rings. The number of rotatable bonds is 1. The molecule has 0 atom stereocenters. The minimum Gasteiger partial charge on any atom is -0.465 e. The van der Waals surface area contributed by atoms with Crippen LogP contribution in [0.4, 0.5) is 4.39 Å². The Morgan fingerprint density at radius 1 is 1.31 bits per heavy atom. The van der Waals surface area contributed by atoms with Crippen molar-refractivity contribution in [3.63, 3.8) is 0 Å². The molecule has 16 heavy (non-hydrogen) atoms. The number of halogens is 3. The van der Waals surface area contributed by atoms with Gasteiger partial charge in [-0.1, -0.05) is 31.9 Å². The second-order valence-corrected chi connectivity index (χ2v) is 6.41. The van der Waals surface area contributed by atoms with Crippen molar-refractivity contribution in [3.05, 3.63) is 20.4 Å². The lowest BCUT2D eigenvalue weighted by Gasteiger charge is -1.93. The molecule has 6 heteroatoms. The Bertz CT molecular complexity index is 540. The molecule has 0 aliphatic heterocycles. The summed E-state index contributed by atoms with van der Waals surface area (Å²) >= 11 is 7.60. The van der Waals surface area contributed by atoms with Crippen molar-refractivity contribution < 1.29 is 13.9 Å². The monoisotopic (exact) mass is 370 g/mol. The van der Waals surface area contributed by atoms with E-state index in [4.69, 9.17) is 0 Å². The molecule has 88 valence electrons. The Morgan fingerprint density at radius 3 is 2.19 bits per heavy atom. The van der Waals surface area contributed by atoms with Gasteiger partial charge in [0.2, 0.25) is 0 Å². The normalized spacial score (nSPS) is 14.6. The molecule has 2 nitrogen and oxygen atoms in total. The van der Waals surface area contributed by atoms with E-state index in [2.05, 4.69) is 36.6 Å². The maximum absolute atomic E-state index is 14.0. The molecule has 0 bridgehead atoms. The maximum atomic E-state index is 14.0. The summed E-state index contributed by atoms with van der Waals surface area (Å²) in [5.74, 6) is -1.20. The first-order valence-corrected chi connectivity index (χ1v) is 6.69. The standard InChI is InChI=1S/C10H9Br2FO2S/c1-4(11)6-7(13)9(10(14)15-3)16-8(6)5(2)12/h1-3H3/b6-4+,8-5-. The van der Waals surface area contributed by atoms with E-state index in [-0.39, 0.29) is 4.88 Å². The molecule has 1 aromatic heterocycles. The van der Waals surface area contributed by atoms with Crippen LogP contribution in [0.1, 0.15) is 23.5 Å². The van der Waals surface area contributed by atoms with Crippen molar-refractivity contribution >= 4 is 58.1 Å². The van der Waals surface area contributed by atoms with Crippen LogP contribution in [0.3, 0.4) is 0 Å². The van der Waals surface area contributed by atoms with Gasteiger partial charge in [-0.2, -0.15) is 0 Å². The second-order valence-electron chi connectivity index (χ2n) is 3.01. The Hall–Kier alpha value is -0.200. The number of hydrogen-bond donors (Lipinski definition) is 0. The van der Waals surface area contributed by atoms with E-state index in [1.807, 2.05) is 0 Å². The zero-order valence-corrected chi connectivity index (χ0v) is 12.8. The molecule has 0 aromatic carbocycles. The van der Waals surface area contributed by atoms with Crippen molar-refractivity contribution in [3.8, 4) is 0 Å². The van der Waals surface area contributed by atoms with Crippen LogP contribution in [-0.4, -0.2) is 13.1 Å². The van der Waals surface area contributed by atoms with Gasteiger partial charge in [0.1, 0.15) is 4.88 Å². The van der Waals surface area contributed by atoms with Crippen LogP contribution in [0.15, 0.2) is 0 Å². The number of hydrogen-bond acceptors (Lipinski definition) is 3. The largest absolute Gasteiger partial charge is 0.465 e. The number of methoxy groups -OCH3 is 1. The van der Waals surface area contributed by atoms with Gasteiger partial charge in [0.05, 0.1) is 7.11 Å². The van der Waals surface area contributed by atoms with Crippen LogP contribution in [0.5, 0.6) is 0 Å². The molecule has 0 N–H and O–H groups in total. The Kier molecular flexibility index (Phi) is 4.70. The molecule has 0 aliphatic carbocycles. The van der Waals surface area contributed by atoms with Crippen LogP contribution in [0.2, 0.25) is 0 Å². The summed E-state index contributed by atoms with van der Waals surface area (Å²) in [7, 11) is 1.23. The van der Waals surface area contributed by atoms with E-state index in [9.17, 15) is 9.18 Å². The summed E-state index contributed by atoms with van der Waals surface area (Å²) in [6, 6.07) is 0. The fraction of sp³-hybridized carbons (Fsp3) is 0.300. The Labute approximate surface area is 113 Å². The number of esters is 1. The lowest BCUT2D eigenvalue weighted by atomic mass is 10.3. The molecule has 0 saturated carbocycles. The van der Waals surface area contributed by atoms with Crippen LogP contribution in [-0.2, 0) is 4.74 Å². The molecular weight excluding hydrogens is 363 g/mol. The second kappa shape index (κ2) is 5.42. The van der Waals surface area contributed by atoms with Gasteiger partial charge in [0, 0.05) is 18.7 Å². The Morgan fingerprint density at radius 2 is 1.88 bits per heavy atom. The fourth-order valence-corrected chi connectivity index (χ4v) is 3.18. The summed E-state index contributed by atoms with van der Waals surface area (Å²) in [5, 5.41) is 0.403. The highest BCUT2D eigenvalue weighted by Gasteiger charge is 2.18. The van der Waals surface area contributed by atoms with E-state index in [1.165, 1.54) is 7.11 Å². The van der Waals surface area contributed by atoms with Gasteiger partial charge in [0.25, 0.3) is 0 Å². The number of carbonyl (C=O) groups is 1. The third-order valence-electron chi connectivity index (χ3n) is 1.88. The molecular formula is C10H9Br2FO2S. The molecule has 0 saturated heterocycles. The molecule has 0 aliphatic rings. The SMILES string of the molecule is COC(=O)c1sc(=C(/C)Br)/c(=C(\C)Br)c1F. The van der Waals surface area contributed by atoms with Gasteiger partial charge in [-0.25, -0.2) is 9.18 Å². The summed E-state index contributed by atoms with van der Waals surface area (Å²) in [5.41, 5.74) is 0. The molecule has 1 rings (SSSR count). The average molecular weight is 372 g/mol. The lowest BCUT2D eigenvalue weighted by molar-refractivity contribution is 0.0601. The van der Waals surface area contributed by atoms with Crippen molar-refractivity contribution in [1.82, 2.24) is 0 Å². The van der Waals surface area contributed by atoms with Crippen LogP contribution in [0, 0.1) is 5.82 Å². The van der Waals surface area contributed by atoms with Crippen molar-refractivity contribution in [2.24, 2.45) is 0 Å². The molecule has 0 radical (unpaired) electrons. The van der Waals surface area contributed by atoms with E-state index >= 15 is 0 Å². The van der Waals surface area contributed by atoms with Gasteiger partial charge < -0.3 is 4.74 Å². The molecule has 0 spiro atoms. The van der Waals surface area contributed by atoms with Crippen molar-refractivity contribution in [2.45, 2.75) is 13.8 Å². The number of ether oxygens (including phenoxy) is 1. The van der Waals surface area contributed by atoms with Gasteiger partial charge in [-0.05, 0) is 13.8 Å². The highest BCUT2D eigenvalue weighted by atomic mass is 79.9. The maximum Gasteiger partial charge on any atom is 0.351 e. The molecule has 0 unspecified atom stereocenters. The summed E-state index contributed by atoms with van der Waals surface area (Å²) < 4.78 is 20.6. The van der Waals surface area contributed by atoms with Crippen LogP contribution >= 0.6 is 43.2 Å². The zero-order chi connectivity index (χ0) is 12.5. The summed E-state index contributed by atoms with van der Waals surface area (Å²) in [4.78, 5) is 11.3.